The molecule has 16 heavy (non-hydrogen) atoms. The minimum Gasteiger partial charge on any atom is -0.359 e. The molecule has 0 aliphatic carbocycles. The fourth-order valence-electron chi connectivity index (χ4n) is 1.38. The van der Waals surface area contributed by atoms with Gasteiger partial charge >= 0.3 is 0 Å². The van der Waals surface area contributed by atoms with E-state index in [1.165, 1.54) is 6.07 Å². The number of aromatic nitrogens is 2. The van der Waals surface area contributed by atoms with Gasteiger partial charge in [0.15, 0.2) is 0 Å². The Balaban J connectivity index is 2.91. The zero-order valence-corrected chi connectivity index (χ0v) is 10.2. The van der Waals surface area contributed by atoms with Gasteiger partial charge in [0.2, 0.25) is 0 Å². The van der Waals surface area contributed by atoms with Crippen LogP contribution >= 0.6 is 0 Å². The minimum absolute atomic E-state index is 0.103. The number of hydrogen-bond donors (Lipinski definition) is 2. The van der Waals surface area contributed by atoms with Crippen molar-refractivity contribution in [3.8, 4) is 0 Å². The summed E-state index contributed by atoms with van der Waals surface area (Å²) in [7, 11) is 1.92. The molecular weight excluding hydrogens is 204 g/mol. The summed E-state index contributed by atoms with van der Waals surface area (Å²) >= 11 is 0. The molecule has 0 aromatic carbocycles. The van der Waals surface area contributed by atoms with Crippen molar-refractivity contribution in [1.29, 1.82) is 0 Å². The number of nitrogens with one attached hydrogen (secondary N) is 1. The fourth-order valence-corrected chi connectivity index (χ4v) is 1.38. The third-order valence-corrected chi connectivity index (χ3v) is 2.38. The average molecular weight is 224 g/mol. The standard InChI is InChI=1S/C11H20N4O/c1-8(2)11-13-9(7-10(16)14-11)15(3)6-4-5-12/h7-8H,4-6,12H2,1-3H3,(H,13,14,16). The van der Waals surface area contributed by atoms with Crippen LogP contribution in [0.3, 0.4) is 0 Å². The molecule has 90 valence electrons. The Bertz CT molecular complexity index is 386. The maximum absolute atomic E-state index is 11.4. The van der Waals surface area contributed by atoms with Gasteiger partial charge in [0.1, 0.15) is 11.6 Å². The zero-order chi connectivity index (χ0) is 12.1. The van der Waals surface area contributed by atoms with E-state index in [2.05, 4.69) is 9.97 Å². The van der Waals surface area contributed by atoms with Crippen molar-refractivity contribution < 1.29 is 0 Å². The van der Waals surface area contributed by atoms with E-state index in [-0.39, 0.29) is 11.5 Å². The summed E-state index contributed by atoms with van der Waals surface area (Å²) in [6.45, 7) is 5.46. The van der Waals surface area contributed by atoms with Gasteiger partial charge < -0.3 is 15.6 Å². The van der Waals surface area contributed by atoms with Gasteiger partial charge in [0.05, 0.1) is 0 Å². The van der Waals surface area contributed by atoms with Gasteiger partial charge in [-0.1, -0.05) is 13.8 Å². The molecule has 1 aromatic heterocycles. The second-order valence-corrected chi connectivity index (χ2v) is 4.21. The van der Waals surface area contributed by atoms with Crippen LogP contribution in [-0.4, -0.2) is 30.1 Å². The Morgan fingerprint density at radius 2 is 2.25 bits per heavy atom. The van der Waals surface area contributed by atoms with Crippen LogP contribution in [0.5, 0.6) is 0 Å². The second-order valence-electron chi connectivity index (χ2n) is 4.21. The van der Waals surface area contributed by atoms with Gasteiger partial charge in [-0.3, -0.25) is 4.79 Å². The van der Waals surface area contributed by atoms with Crippen LogP contribution in [0.1, 0.15) is 32.0 Å². The van der Waals surface area contributed by atoms with E-state index in [1.807, 2.05) is 25.8 Å². The molecule has 3 N–H and O–H groups in total. The highest BCUT2D eigenvalue weighted by Crippen LogP contribution is 2.11. The lowest BCUT2D eigenvalue weighted by Crippen LogP contribution is -2.25. The van der Waals surface area contributed by atoms with Crippen LogP contribution < -0.4 is 16.2 Å². The lowest BCUT2D eigenvalue weighted by molar-refractivity contribution is 0.741. The molecule has 1 heterocycles. The predicted octanol–water partition coefficient (Wildman–Crippen LogP) is 0.678. The molecule has 0 atom stereocenters. The molecule has 5 heteroatoms. The molecule has 0 aliphatic heterocycles. The van der Waals surface area contributed by atoms with Crippen molar-refractivity contribution in [2.75, 3.05) is 25.0 Å². The maximum Gasteiger partial charge on any atom is 0.252 e. The molecule has 0 amide bonds. The quantitative estimate of drug-likeness (QED) is 0.771. The topological polar surface area (TPSA) is 75.0 Å². The smallest absolute Gasteiger partial charge is 0.252 e. The van der Waals surface area contributed by atoms with Gasteiger partial charge in [0, 0.05) is 25.6 Å². The molecule has 1 aromatic rings. The SMILES string of the molecule is CC(C)c1nc(N(C)CCCN)cc(=O)[nH]1. The lowest BCUT2D eigenvalue weighted by Gasteiger charge is -2.18. The summed E-state index contributed by atoms with van der Waals surface area (Å²) in [4.78, 5) is 20.6. The van der Waals surface area contributed by atoms with Gasteiger partial charge in [-0.25, -0.2) is 4.98 Å². The number of hydrogen-bond acceptors (Lipinski definition) is 4. The molecule has 0 unspecified atom stereocenters. The highest BCUT2D eigenvalue weighted by atomic mass is 16.1. The van der Waals surface area contributed by atoms with Crippen LogP contribution in [0.2, 0.25) is 0 Å². The fraction of sp³-hybridized carbons (Fsp3) is 0.636. The van der Waals surface area contributed by atoms with Crippen LogP contribution in [-0.2, 0) is 0 Å². The Labute approximate surface area is 95.7 Å². The van der Waals surface area contributed by atoms with Gasteiger partial charge in [-0.05, 0) is 13.0 Å². The van der Waals surface area contributed by atoms with Crippen molar-refractivity contribution in [1.82, 2.24) is 9.97 Å². The summed E-state index contributed by atoms with van der Waals surface area (Å²) in [6.07, 6.45) is 0.891. The first-order valence-corrected chi connectivity index (χ1v) is 5.57. The summed E-state index contributed by atoms with van der Waals surface area (Å²) < 4.78 is 0. The van der Waals surface area contributed by atoms with Crippen LogP contribution in [0.25, 0.3) is 0 Å². The number of nitrogens with two attached hydrogens (primary N) is 1. The first-order valence-electron chi connectivity index (χ1n) is 5.57. The molecule has 5 nitrogen and oxygen atoms in total. The molecule has 0 fully saturated rings. The number of anilines is 1. The van der Waals surface area contributed by atoms with Crippen molar-refractivity contribution in [2.24, 2.45) is 5.73 Å². The normalized spacial score (nSPS) is 10.8. The molecular formula is C11H20N4O. The highest BCUT2D eigenvalue weighted by molar-refractivity contribution is 5.36. The minimum atomic E-state index is -0.103. The summed E-state index contributed by atoms with van der Waals surface area (Å²) in [5, 5.41) is 0. The summed E-state index contributed by atoms with van der Waals surface area (Å²) in [6, 6.07) is 1.52. The summed E-state index contributed by atoms with van der Waals surface area (Å²) in [5.41, 5.74) is 5.34. The Kier molecular flexibility index (Phi) is 4.49. The van der Waals surface area contributed by atoms with Gasteiger partial charge in [-0.15, -0.1) is 0 Å². The zero-order valence-electron chi connectivity index (χ0n) is 10.2. The third-order valence-electron chi connectivity index (χ3n) is 2.38. The van der Waals surface area contributed by atoms with E-state index >= 15 is 0 Å². The molecule has 0 aliphatic rings. The Hall–Kier alpha value is -1.36. The number of aromatic amines is 1. The maximum atomic E-state index is 11.4. The lowest BCUT2D eigenvalue weighted by atomic mass is 10.2. The first kappa shape index (κ1) is 12.7. The largest absolute Gasteiger partial charge is 0.359 e. The Morgan fingerprint density at radius 1 is 1.56 bits per heavy atom. The molecule has 1 rings (SSSR count). The van der Waals surface area contributed by atoms with Crippen molar-refractivity contribution >= 4 is 5.82 Å². The van der Waals surface area contributed by atoms with Crippen molar-refractivity contribution in [3.05, 3.63) is 22.2 Å². The third kappa shape index (κ3) is 3.34. The van der Waals surface area contributed by atoms with E-state index in [4.69, 9.17) is 5.73 Å². The number of nitrogens with zero attached hydrogens (tertiary/aromatic N) is 2. The molecule has 0 saturated heterocycles. The average Bonchev–Trinajstić information content (AvgIpc) is 2.24. The second kappa shape index (κ2) is 5.65. The first-order chi connectivity index (χ1) is 7.54. The van der Waals surface area contributed by atoms with E-state index < -0.39 is 0 Å². The van der Waals surface area contributed by atoms with E-state index in [1.54, 1.807) is 0 Å². The number of rotatable bonds is 5. The monoisotopic (exact) mass is 224 g/mol. The van der Waals surface area contributed by atoms with E-state index in [9.17, 15) is 4.79 Å². The van der Waals surface area contributed by atoms with Gasteiger partial charge in [-0.2, -0.15) is 0 Å². The predicted molar refractivity (Wildman–Crippen MR) is 65.9 cm³/mol. The number of H-pyrrole nitrogens is 1. The van der Waals surface area contributed by atoms with Crippen LogP contribution in [0, 0.1) is 0 Å². The van der Waals surface area contributed by atoms with Crippen LogP contribution in [0.4, 0.5) is 5.82 Å². The highest BCUT2D eigenvalue weighted by Gasteiger charge is 2.08. The van der Waals surface area contributed by atoms with Crippen LogP contribution in [0.15, 0.2) is 10.9 Å². The van der Waals surface area contributed by atoms with Crippen molar-refractivity contribution in [3.63, 3.8) is 0 Å². The molecule has 0 radical (unpaired) electrons. The molecule has 0 bridgehead atoms. The molecule has 0 saturated carbocycles. The van der Waals surface area contributed by atoms with E-state index in [0.29, 0.717) is 12.4 Å². The Morgan fingerprint density at radius 3 is 2.81 bits per heavy atom. The van der Waals surface area contributed by atoms with E-state index in [0.717, 1.165) is 18.8 Å². The summed E-state index contributed by atoms with van der Waals surface area (Å²) in [5.74, 6) is 1.65. The molecule has 0 spiro atoms. The van der Waals surface area contributed by atoms with Crippen molar-refractivity contribution in [2.45, 2.75) is 26.2 Å². The van der Waals surface area contributed by atoms with Gasteiger partial charge in [0.25, 0.3) is 5.56 Å².